The van der Waals surface area contributed by atoms with Crippen molar-refractivity contribution in [2.75, 3.05) is 18.9 Å². The molecule has 26 heavy (non-hydrogen) atoms. The molecule has 0 aromatic heterocycles. The van der Waals surface area contributed by atoms with Crippen LogP contribution in [0.25, 0.3) is 0 Å². The first kappa shape index (κ1) is 19.5. The van der Waals surface area contributed by atoms with Crippen LogP contribution in [0, 0.1) is 0 Å². The van der Waals surface area contributed by atoms with Gasteiger partial charge in [-0.25, -0.2) is 0 Å². The van der Waals surface area contributed by atoms with Crippen LogP contribution >= 0.6 is 11.6 Å². The highest BCUT2D eigenvalue weighted by molar-refractivity contribution is 6.33. The maximum Gasteiger partial charge on any atom is 0.253 e. The predicted octanol–water partition coefficient (Wildman–Crippen LogP) is 2.69. The number of carbonyl (C=O) groups excluding carboxylic acids is 3. The van der Waals surface area contributed by atoms with Crippen molar-refractivity contribution in [2.45, 2.75) is 13.5 Å². The Kier molecular flexibility index (Phi) is 6.74. The summed E-state index contributed by atoms with van der Waals surface area (Å²) in [6, 6.07) is 13.8. The molecular formula is C19H20ClN3O3. The van der Waals surface area contributed by atoms with Crippen molar-refractivity contribution in [2.24, 2.45) is 0 Å². The van der Waals surface area contributed by atoms with Crippen molar-refractivity contribution in [1.29, 1.82) is 0 Å². The highest BCUT2D eigenvalue weighted by Crippen LogP contribution is 2.17. The third-order valence-electron chi connectivity index (χ3n) is 3.76. The summed E-state index contributed by atoms with van der Waals surface area (Å²) in [7, 11) is 1.69. The average Bonchev–Trinajstić information content (AvgIpc) is 2.61. The maximum atomic E-state index is 12.2. The summed E-state index contributed by atoms with van der Waals surface area (Å²) in [5.41, 5.74) is 1.71. The quantitative estimate of drug-likeness (QED) is 0.817. The molecule has 0 aliphatic heterocycles. The molecular weight excluding hydrogens is 354 g/mol. The van der Waals surface area contributed by atoms with Crippen LogP contribution in [0.5, 0.6) is 0 Å². The molecule has 0 unspecified atom stereocenters. The van der Waals surface area contributed by atoms with Crippen molar-refractivity contribution in [3.63, 3.8) is 0 Å². The van der Waals surface area contributed by atoms with Gasteiger partial charge in [-0.05, 0) is 23.8 Å². The normalized spacial score (nSPS) is 10.1. The zero-order chi connectivity index (χ0) is 19.1. The van der Waals surface area contributed by atoms with Crippen molar-refractivity contribution in [1.82, 2.24) is 10.2 Å². The fourth-order valence-electron chi connectivity index (χ4n) is 2.24. The number of amides is 3. The van der Waals surface area contributed by atoms with Crippen molar-refractivity contribution in [3.8, 4) is 0 Å². The average molecular weight is 374 g/mol. The lowest BCUT2D eigenvalue weighted by Crippen LogP contribution is -2.33. The van der Waals surface area contributed by atoms with Crippen molar-refractivity contribution < 1.29 is 14.4 Å². The molecule has 0 spiro atoms. The van der Waals surface area contributed by atoms with Crippen molar-refractivity contribution in [3.05, 3.63) is 64.7 Å². The van der Waals surface area contributed by atoms with Gasteiger partial charge in [-0.15, -0.1) is 0 Å². The fraction of sp³-hybridized carbons (Fsp3) is 0.211. The minimum Gasteiger partial charge on any atom is -0.343 e. The lowest BCUT2D eigenvalue weighted by atomic mass is 10.1. The summed E-state index contributed by atoms with van der Waals surface area (Å²) < 4.78 is 0. The molecule has 0 fully saturated rings. The second-order valence-corrected chi connectivity index (χ2v) is 6.15. The van der Waals surface area contributed by atoms with Gasteiger partial charge in [0, 0.05) is 26.2 Å². The van der Waals surface area contributed by atoms with E-state index >= 15 is 0 Å². The minimum atomic E-state index is -0.421. The van der Waals surface area contributed by atoms with Gasteiger partial charge >= 0.3 is 0 Å². The van der Waals surface area contributed by atoms with E-state index in [9.17, 15) is 14.4 Å². The summed E-state index contributed by atoms with van der Waals surface area (Å²) in [5, 5.41) is 5.61. The summed E-state index contributed by atoms with van der Waals surface area (Å²) in [4.78, 5) is 37.2. The fourth-order valence-corrected chi connectivity index (χ4v) is 2.46. The molecule has 0 bridgehead atoms. The van der Waals surface area contributed by atoms with Gasteiger partial charge in [0.1, 0.15) is 0 Å². The first-order valence-electron chi connectivity index (χ1n) is 8.00. The standard InChI is InChI=1S/C19H20ClN3O3/c1-13(24)23(2)12-14-7-3-6-10-17(14)22-18(25)11-21-19(26)15-8-4-5-9-16(15)20/h3-10H,11-12H2,1-2H3,(H,21,26)(H,22,25). The van der Waals surface area contributed by atoms with E-state index in [2.05, 4.69) is 10.6 Å². The lowest BCUT2D eigenvalue weighted by Gasteiger charge is -2.18. The molecule has 2 aromatic carbocycles. The van der Waals surface area contributed by atoms with Gasteiger partial charge in [0.05, 0.1) is 17.1 Å². The Hall–Kier alpha value is -2.86. The van der Waals surface area contributed by atoms with Gasteiger partial charge in [-0.1, -0.05) is 41.9 Å². The third-order valence-corrected chi connectivity index (χ3v) is 4.09. The third kappa shape index (κ3) is 5.32. The van der Waals surface area contributed by atoms with Crippen LogP contribution in [0.1, 0.15) is 22.8 Å². The number of hydrogen-bond acceptors (Lipinski definition) is 3. The van der Waals surface area contributed by atoms with E-state index in [1.54, 1.807) is 48.3 Å². The number of benzene rings is 2. The molecule has 0 saturated carbocycles. The number of para-hydroxylation sites is 1. The smallest absolute Gasteiger partial charge is 0.253 e. The first-order chi connectivity index (χ1) is 12.4. The van der Waals surface area contributed by atoms with E-state index in [1.807, 2.05) is 12.1 Å². The second-order valence-electron chi connectivity index (χ2n) is 5.74. The molecule has 0 heterocycles. The van der Waals surface area contributed by atoms with Gasteiger partial charge < -0.3 is 15.5 Å². The Bertz CT molecular complexity index is 823. The topological polar surface area (TPSA) is 78.5 Å². The summed E-state index contributed by atoms with van der Waals surface area (Å²) >= 11 is 5.97. The number of carbonyl (C=O) groups is 3. The number of halogens is 1. The van der Waals surface area contributed by atoms with Crippen LogP contribution in [0.2, 0.25) is 5.02 Å². The summed E-state index contributed by atoms with van der Waals surface area (Å²) in [5.74, 6) is -0.864. The van der Waals surface area contributed by atoms with Gasteiger partial charge in [-0.3, -0.25) is 14.4 Å². The minimum absolute atomic E-state index is 0.0712. The number of rotatable bonds is 6. The van der Waals surface area contributed by atoms with E-state index in [0.717, 1.165) is 5.56 Å². The largest absolute Gasteiger partial charge is 0.343 e. The zero-order valence-corrected chi connectivity index (χ0v) is 15.3. The molecule has 0 aliphatic carbocycles. The Morgan fingerprint density at radius 2 is 1.69 bits per heavy atom. The number of anilines is 1. The van der Waals surface area contributed by atoms with E-state index < -0.39 is 5.91 Å². The Morgan fingerprint density at radius 1 is 1.04 bits per heavy atom. The lowest BCUT2D eigenvalue weighted by molar-refractivity contribution is -0.128. The van der Waals surface area contributed by atoms with Crippen LogP contribution in [-0.4, -0.2) is 36.2 Å². The molecule has 2 aromatic rings. The second kappa shape index (κ2) is 9.01. The highest BCUT2D eigenvalue weighted by atomic mass is 35.5. The zero-order valence-electron chi connectivity index (χ0n) is 14.6. The molecule has 0 atom stereocenters. The van der Waals surface area contributed by atoms with Crippen LogP contribution in [0.15, 0.2) is 48.5 Å². The molecule has 2 N–H and O–H groups in total. The molecule has 136 valence electrons. The molecule has 3 amide bonds. The molecule has 0 saturated heterocycles. The predicted molar refractivity (Wildman–Crippen MR) is 101 cm³/mol. The van der Waals surface area contributed by atoms with Crippen LogP contribution < -0.4 is 10.6 Å². The maximum absolute atomic E-state index is 12.2. The van der Waals surface area contributed by atoms with Crippen LogP contribution in [0.3, 0.4) is 0 Å². The molecule has 7 heteroatoms. The Balaban J connectivity index is 1.97. The highest BCUT2D eigenvalue weighted by Gasteiger charge is 2.13. The first-order valence-corrected chi connectivity index (χ1v) is 8.38. The monoisotopic (exact) mass is 373 g/mol. The van der Waals surface area contributed by atoms with Crippen LogP contribution in [0.4, 0.5) is 5.69 Å². The number of hydrogen-bond donors (Lipinski definition) is 2. The van der Waals surface area contributed by atoms with Gasteiger partial charge in [0.15, 0.2) is 0 Å². The summed E-state index contributed by atoms with van der Waals surface area (Å²) in [6.45, 7) is 1.66. The number of nitrogens with zero attached hydrogens (tertiary/aromatic N) is 1. The van der Waals surface area contributed by atoms with E-state index in [1.165, 1.54) is 6.92 Å². The SMILES string of the molecule is CC(=O)N(C)Cc1ccccc1NC(=O)CNC(=O)c1ccccc1Cl. The summed E-state index contributed by atoms with van der Waals surface area (Å²) in [6.07, 6.45) is 0. The van der Waals surface area contributed by atoms with Crippen molar-refractivity contribution >= 4 is 35.0 Å². The molecule has 2 rings (SSSR count). The van der Waals surface area contributed by atoms with Gasteiger partial charge in [0.25, 0.3) is 5.91 Å². The van der Waals surface area contributed by atoms with E-state index in [4.69, 9.17) is 11.6 Å². The van der Waals surface area contributed by atoms with E-state index in [-0.39, 0.29) is 18.4 Å². The molecule has 6 nitrogen and oxygen atoms in total. The van der Waals surface area contributed by atoms with Gasteiger partial charge in [-0.2, -0.15) is 0 Å². The van der Waals surface area contributed by atoms with Crippen LogP contribution in [-0.2, 0) is 16.1 Å². The van der Waals surface area contributed by atoms with E-state index in [0.29, 0.717) is 22.8 Å². The Morgan fingerprint density at radius 3 is 2.38 bits per heavy atom. The number of nitrogens with one attached hydrogen (secondary N) is 2. The Labute approximate surface area is 157 Å². The molecule has 0 aliphatic rings. The molecule has 0 radical (unpaired) electrons. The van der Waals surface area contributed by atoms with Gasteiger partial charge in [0.2, 0.25) is 11.8 Å².